The molecule has 0 atom stereocenters. The summed E-state index contributed by atoms with van der Waals surface area (Å²) in [5.41, 5.74) is 13.7. The van der Waals surface area contributed by atoms with Crippen molar-refractivity contribution in [2.75, 3.05) is 0 Å². The zero-order chi connectivity index (χ0) is 26.0. The first kappa shape index (κ1) is 28.9. The Hall–Kier alpha value is -2.38. The summed E-state index contributed by atoms with van der Waals surface area (Å²) < 4.78 is 1.90. The standard InChI is InChI=1S/C20H20Cl2N4O.C7H17N/c1-12(2)24-11-17-18(19(23)27)25-20(15-5-3-4-6-16(15)22)26(17)14-9-7-13(21)8-10-14;1-3-5-7(8)6-4-2/h3-10,12,24H,11H2,1-2H3,(H2,23,27);7H,3-6,8H2,1-2H3. The van der Waals surface area contributed by atoms with E-state index in [1.807, 2.05) is 48.7 Å². The van der Waals surface area contributed by atoms with Crippen molar-refractivity contribution in [3.63, 3.8) is 0 Å². The zero-order valence-electron chi connectivity index (χ0n) is 21.0. The third-order valence-electron chi connectivity index (χ3n) is 5.40. The number of hydrogen-bond donors (Lipinski definition) is 3. The van der Waals surface area contributed by atoms with E-state index in [2.05, 4.69) is 24.1 Å². The maximum Gasteiger partial charge on any atom is 0.269 e. The molecule has 0 aliphatic heterocycles. The molecule has 5 N–H and O–H groups in total. The molecule has 2 aromatic carbocycles. The van der Waals surface area contributed by atoms with Gasteiger partial charge in [-0.3, -0.25) is 9.36 Å². The van der Waals surface area contributed by atoms with Gasteiger partial charge in [0.05, 0.1) is 10.7 Å². The first-order chi connectivity index (χ1) is 16.7. The molecule has 0 unspecified atom stereocenters. The van der Waals surface area contributed by atoms with Gasteiger partial charge in [0.15, 0.2) is 5.69 Å². The summed E-state index contributed by atoms with van der Waals surface area (Å²) in [6.45, 7) is 8.84. The molecule has 3 rings (SSSR count). The van der Waals surface area contributed by atoms with Crippen LogP contribution in [-0.4, -0.2) is 27.5 Å². The number of halogens is 2. The summed E-state index contributed by atoms with van der Waals surface area (Å²) in [5, 5.41) is 4.49. The lowest BCUT2D eigenvalue weighted by atomic mass is 10.1. The molecule has 1 amide bonds. The predicted octanol–water partition coefficient (Wildman–Crippen LogP) is 6.36. The molecule has 0 aliphatic carbocycles. The lowest BCUT2D eigenvalue weighted by molar-refractivity contribution is 0.0995. The van der Waals surface area contributed by atoms with Crippen molar-refractivity contribution < 1.29 is 4.79 Å². The second-order valence-corrected chi connectivity index (χ2v) is 9.60. The van der Waals surface area contributed by atoms with Crippen LogP contribution in [0.4, 0.5) is 0 Å². The number of amides is 1. The average Bonchev–Trinajstić information content (AvgIpc) is 3.19. The van der Waals surface area contributed by atoms with Gasteiger partial charge in [-0.25, -0.2) is 4.98 Å². The Morgan fingerprint density at radius 3 is 2.14 bits per heavy atom. The van der Waals surface area contributed by atoms with Crippen LogP contribution in [0.2, 0.25) is 10.0 Å². The molecule has 0 aliphatic rings. The minimum Gasteiger partial charge on any atom is -0.364 e. The van der Waals surface area contributed by atoms with Crippen molar-refractivity contribution in [3.05, 3.63) is 70.0 Å². The fourth-order valence-corrected chi connectivity index (χ4v) is 4.04. The van der Waals surface area contributed by atoms with E-state index in [0.717, 1.165) is 5.69 Å². The van der Waals surface area contributed by atoms with E-state index in [9.17, 15) is 4.79 Å². The third kappa shape index (κ3) is 8.36. The lowest BCUT2D eigenvalue weighted by Gasteiger charge is -2.15. The first-order valence-electron chi connectivity index (χ1n) is 12.1. The van der Waals surface area contributed by atoms with Crippen LogP contribution in [0.3, 0.4) is 0 Å². The van der Waals surface area contributed by atoms with E-state index >= 15 is 0 Å². The number of carbonyl (C=O) groups excluding carboxylic acids is 1. The SMILES string of the molecule is CC(C)NCc1c(C(N)=O)nc(-c2ccccc2Cl)n1-c1ccc(Cl)cc1.CCCC(N)CCC. The minimum atomic E-state index is -0.587. The number of carbonyl (C=O) groups is 1. The molecule has 8 heteroatoms. The Bertz CT molecular complexity index is 1070. The molecule has 0 saturated carbocycles. The minimum absolute atomic E-state index is 0.216. The summed E-state index contributed by atoms with van der Waals surface area (Å²) >= 11 is 12.5. The molecule has 0 saturated heterocycles. The molecule has 3 aromatic rings. The van der Waals surface area contributed by atoms with Crippen molar-refractivity contribution in [2.45, 2.75) is 72.0 Å². The Morgan fingerprint density at radius 2 is 1.63 bits per heavy atom. The van der Waals surface area contributed by atoms with Gasteiger partial charge in [-0.1, -0.05) is 75.9 Å². The normalized spacial score (nSPS) is 11.0. The fraction of sp³-hybridized carbons (Fsp3) is 0.407. The van der Waals surface area contributed by atoms with Crippen LogP contribution >= 0.6 is 23.2 Å². The number of benzene rings is 2. The molecule has 0 fully saturated rings. The molecular formula is C27H37Cl2N5O. The van der Waals surface area contributed by atoms with Crippen LogP contribution in [0.25, 0.3) is 17.1 Å². The van der Waals surface area contributed by atoms with Gasteiger partial charge in [-0.2, -0.15) is 0 Å². The van der Waals surface area contributed by atoms with Crippen molar-refractivity contribution >= 4 is 29.1 Å². The van der Waals surface area contributed by atoms with Gasteiger partial charge < -0.3 is 16.8 Å². The highest BCUT2D eigenvalue weighted by molar-refractivity contribution is 6.33. The first-order valence-corrected chi connectivity index (χ1v) is 12.9. The number of imidazole rings is 1. The van der Waals surface area contributed by atoms with Crippen LogP contribution in [0.5, 0.6) is 0 Å². The van der Waals surface area contributed by atoms with E-state index in [4.69, 9.17) is 34.7 Å². The summed E-state index contributed by atoms with van der Waals surface area (Å²) in [5.74, 6) is -0.0335. The van der Waals surface area contributed by atoms with Crippen molar-refractivity contribution in [1.29, 1.82) is 0 Å². The molecule has 1 heterocycles. The molecule has 35 heavy (non-hydrogen) atoms. The Morgan fingerprint density at radius 1 is 1.03 bits per heavy atom. The molecule has 1 aromatic heterocycles. The third-order valence-corrected chi connectivity index (χ3v) is 5.98. The van der Waals surface area contributed by atoms with Crippen molar-refractivity contribution in [2.24, 2.45) is 11.5 Å². The molecule has 0 bridgehead atoms. The van der Waals surface area contributed by atoms with Gasteiger partial charge in [0.2, 0.25) is 0 Å². The van der Waals surface area contributed by atoms with Crippen LogP contribution in [0, 0.1) is 0 Å². The zero-order valence-corrected chi connectivity index (χ0v) is 22.5. The Labute approximate surface area is 219 Å². The van der Waals surface area contributed by atoms with Crippen molar-refractivity contribution in [1.82, 2.24) is 14.9 Å². The van der Waals surface area contributed by atoms with Gasteiger partial charge in [-0.05, 0) is 49.2 Å². The highest BCUT2D eigenvalue weighted by Crippen LogP contribution is 2.32. The number of rotatable bonds is 10. The molecular weight excluding hydrogens is 481 g/mol. The number of nitrogens with one attached hydrogen (secondary N) is 1. The predicted molar refractivity (Wildman–Crippen MR) is 147 cm³/mol. The van der Waals surface area contributed by atoms with Gasteiger partial charge >= 0.3 is 0 Å². The summed E-state index contributed by atoms with van der Waals surface area (Å²) in [6, 6.07) is 15.4. The van der Waals surface area contributed by atoms with E-state index < -0.39 is 5.91 Å². The monoisotopic (exact) mass is 517 g/mol. The summed E-state index contributed by atoms with van der Waals surface area (Å²) in [4.78, 5) is 16.6. The van der Waals surface area contributed by atoms with Gasteiger partial charge in [-0.15, -0.1) is 0 Å². The fourth-order valence-electron chi connectivity index (χ4n) is 3.69. The van der Waals surface area contributed by atoms with E-state index in [1.54, 1.807) is 18.2 Å². The Kier molecular flexibility index (Phi) is 11.7. The van der Waals surface area contributed by atoms with Crippen molar-refractivity contribution in [3.8, 4) is 17.1 Å². The topological polar surface area (TPSA) is 99.0 Å². The number of aromatic nitrogens is 2. The summed E-state index contributed by atoms with van der Waals surface area (Å²) in [7, 11) is 0. The number of primary amides is 1. The lowest BCUT2D eigenvalue weighted by Crippen LogP contribution is -2.25. The smallest absolute Gasteiger partial charge is 0.269 e. The largest absolute Gasteiger partial charge is 0.364 e. The maximum atomic E-state index is 12.1. The Balaban J connectivity index is 0.000000466. The van der Waals surface area contributed by atoms with Crippen LogP contribution in [0.1, 0.15) is 69.6 Å². The van der Waals surface area contributed by atoms with Crippen LogP contribution < -0.4 is 16.8 Å². The second-order valence-electron chi connectivity index (χ2n) is 8.76. The highest BCUT2D eigenvalue weighted by Gasteiger charge is 2.24. The highest BCUT2D eigenvalue weighted by atomic mass is 35.5. The van der Waals surface area contributed by atoms with Gasteiger partial charge in [0.1, 0.15) is 5.82 Å². The maximum absolute atomic E-state index is 12.1. The quantitative estimate of drug-likeness (QED) is 0.291. The van der Waals surface area contributed by atoms with Gasteiger partial charge in [0.25, 0.3) is 5.91 Å². The molecule has 0 radical (unpaired) electrons. The molecule has 190 valence electrons. The number of nitrogens with zero attached hydrogens (tertiary/aromatic N) is 2. The molecule has 0 spiro atoms. The van der Waals surface area contributed by atoms with E-state index in [0.29, 0.717) is 39.7 Å². The second kappa shape index (κ2) is 14.2. The summed E-state index contributed by atoms with van der Waals surface area (Å²) in [6.07, 6.45) is 4.82. The van der Waals surface area contributed by atoms with E-state index in [-0.39, 0.29) is 11.7 Å². The molecule has 6 nitrogen and oxygen atoms in total. The van der Waals surface area contributed by atoms with Crippen LogP contribution in [0.15, 0.2) is 48.5 Å². The average molecular weight is 519 g/mol. The van der Waals surface area contributed by atoms with Gasteiger partial charge in [0, 0.05) is 34.9 Å². The number of nitrogens with two attached hydrogens (primary N) is 2. The van der Waals surface area contributed by atoms with Crippen LogP contribution in [-0.2, 0) is 6.54 Å². The van der Waals surface area contributed by atoms with E-state index in [1.165, 1.54) is 25.7 Å². The number of hydrogen-bond acceptors (Lipinski definition) is 4.